The van der Waals surface area contributed by atoms with E-state index in [0.717, 1.165) is 0 Å². The molecule has 17 heavy (non-hydrogen) atoms. The molecule has 0 aromatic heterocycles. The highest BCUT2D eigenvalue weighted by molar-refractivity contribution is 8.00. The average molecular weight is 248 g/mol. The lowest BCUT2D eigenvalue weighted by Crippen LogP contribution is -2.35. The summed E-state index contributed by atoms with van der Waals surface area (Å²) < 4.78 is 0.119. The number of aliphatic hydroxyl groups excluding tert-OH is 1. The lowest BCUT2D eigenvalue weighted by Gasteiger charge is -2.29. The zero-order valence-corrected chi connectivity index (χ0v) is 11.1. The van der Waals surface area contributed by atoms with E-state index in [1.807, 2.05) is 11.8 Å². The van der Waals surface area contributed by atoms with Crippen molar-refractivity contribution in [3.8, 4) is 0 Å². The van der Waals surface area contributed by atoms with Crippen molar-refractivity contribution in [2.24, 2.45) is 5.92 Å². The molecule has 0 radical (unpaired) electrons. The summed E-state index contributed by atoms with van der Waals surface area (Å²) in [4.78, 5) is 0. The van der Waals surface area contributed by atoms with Crippen LogP contribution in [0.5, 0.6) is 0 Å². The Kier molecular flexibility index (Phi) is 2.95. The van der Waals surface area contributed by atoms with Crippen LogP contribution in [0.25, 0.3) is 0 Å². The van der Waals surface area contributed by atoms with Gasteiger partial charge in [0, 0.05) is 4.75 Å². The molecule has 2 aliphatic rings. The van der Waals surface area contributed by atoms with Gasteiger partial charge < -0.3 is 5.11 Å². The summed E-state index contributed by atoms with van der Waals surface area (Å²) in [6.45, 7) is 2.25. The van der Waals surface area contributed by atoms with Gasteiger partial charge in [-0.15, -0.1) is 0 Å². The van der Waals surface area contributed by atoms with Crippen LogP contribution in [0, 0.1) is 5.92 Å². The third kappa shape index (κ3) is 2.13. The zero-order valence-electron chi connectivity index (χ0n) is 10.3. The molecule has 3 rings (SSSR count). The normalized spacial score (nSPS) is 38.0. The van der Waals surface area contributed by atoms with Crippen molar-refractivity contribution in [3.63, 3.8) is 0 Å². The van der Waals surface area contributed by atoms with Crippen molar-refractivity contribution < 1.29 is 5.11 Å². The van der Waals surface area contributed by atoms with Gasteiger partial charge >= 0.3 is 0 Å². The quantitative estimate of drug-likeness (QED) is 0.884. The summed E-state index contributed by atoms with van der Waals surface area (Å²) >= 11 is 1.97. The highest BCUT2D eigenvalue weighted by atomic mass is 32.2. The largest absolute Gasteiger partial charge is 0.391 e. The Balaban J connectivity index is 1.68. The molecule has 1 saturated heterocycles. The lowest BCUT2D eigenvalue weighted by molar-refractivity contribution is 0.109. The number of hydrogen-bond acceptors (Lipinski definition) is 2. The molecule has 1 aromatic rings. The zero-order chi connectivity index (χ0) is 11.9. The second-order valence-electron chi connectivity index (χ2n) is 5.63. The first-order chi connectivity index (χ1) is 8.21. The number of hydrogen-bond donors (Lipinski definition) is 1. The maximum absolute atomic E-state index is 10.6. The van der Waals surface area contributed by atoms with Crippen LogP contribution in [-0.4, -0.2) is 21.7 Å². The van der Waals surface area contributed by atoms with Gasteiger partial charge in [0.05, 0.1) is 6.10 Å². The average Bonchev–Trinajstić information content (AvgIpc) is 3.05. The minimum atomic E-state index is -0.125. The number of rotatable bonds is 3. The smallest absolute Gasteiger partial charge is 0.0718 e. The molecule has 1 aromatic carbocycles. The van der Waals surface area contributed by atoms with E-state index in [0.29, 0.717) is 11.8 Å². The minimum absolute atomic E-state index is 0.119. The highest BCUT2D eigenvalue weighted by Gasteiger charge is 2.51. The molecule has 1 heterocycles. The minimum Gasteiger partial charge on any atom is -0.391 e. The molecule has 1 aliphatic heterocycles. The lowest BCUT2D eigenvalue weighted by atomic mass is 9.93. The monoisotopic (exact) mass is 248 g/mol. The SMILES string of the molecule is CC1(C(O)C2CC2c2ccccc2)CCCS1. The van der Waals surface area contributed by atoms with E-state index in [1.165, 1.54) is 30.6 Å². The fourth-order valence-corrected chi connectivity index (χ4v) is 4.52. The molecule has 0 bridgehead atoms. The molecule has 4 atom stereocenters. The Labute approximate surface area is 108 Å². The van der Waals surface area contributed by atoms with E-state index in [4.69, 9.17) is 0 Å². The summed E-state index contributed by atoms with van der Waals surface area (Å²) in [5.41, 5.74) is 1.41. The van der Waals surface area contributed by atoms with Crippen LogP contribution in [0.3, 0.4) is 0 Å². The summed E-state index contributed by atoms with van der Waals surface area (Å²) in [6.07, 6.45) is 3.49. The maximum atomic E-state index is 10.6. The van der Waals surface area contributed by atoms with Crippen LogP contribution in [0.15, 0.2) is 30.3 Å². The van der Waals surface area contributed by atoms with E-state index in [-0.39, 0.29) is 10.9 Å². The Morgan fingerprint density at radius 1 is 1.35 bits per heavy atom. The van der Waals surface area contributed by atoms with E-state index in [2.05, 4.69) is 37.3 Å². The Morgan fingerprint density at radius 2 is 2.12 bits per heavy atom. The van der Waals surface area contributed by atoms with Gasteiger partial charge in [-0.2, -0.15) is 11.8 Å². The van der Waals surface area contributed by atoms with E-state index >= 15 is 0 Å². The second-order valence-corrected chi connectivity index (χ2v) is 7.26. The van der Waals surface area contributed by atoms with Crippen molar-refractivity contribution in [1.29, 1.82) is 0 Å². The molecule has 0 amide bonds. The predicted octanol–water partition coefficient (Wildman–Crippen LogP) is 3.44. The molecule has 1 saturated carbocycles. The van der Waals surface area contributed by atoms with E-state index in [1.54, 1.807) is 0 Å². The summed E-state index contributed by atoms with van der Waals surface area (Å²) in [5, 5.41) is 10.6. The van der Waals surface area contributed by atoms with Crippen molar-refractivity contribution >= 4 is 11.8 Å². The number of aliphatic hydroxyl groups is 1. The first-order valence-electron chi connectivity index (χ1n) is 6.58. The van der Waals surface area contributed by atoms with Crippen LogP contribution in [0.1, 0.15) is 37.7 Å². The van der Waals surface area contributed by atoms with Gasteiger partial charge in [0.1, 0.15) is 0 Å². The molecule has 4 unspecified atom stereocenters. The van der Waals surface area contributed by atoms with Crippen molar-refractivity contribution in [3.05, 3.63) is 35.9 Å². The first-order valence-corrected chi connectivity index (χ1v) is 7.56. The van der Waals surface area contributed by atoms with Crippen LogP contribution in [0.2, 0.25) is 0 Å². The molecule has 1 nitrogen and oxygen atoms in total. The van der Waals surface area contributed by atoms with Gasteiger partial charge in [-0.1, -0.05) is 30.3 Å². The van der Waals surface area contributed by atoms with Gasteiger partial charge in [-0.3, -0.25) is 0 Å². The fraction of sp³-hybridized carbons (Fsp3) is 0.600. The van der Waals surface area contributed by atoms with Crippen LogP contribution >= 0.6 is 11.8 Å². The van der Waals surface area contributed by atoms with Crippen molar-refractivity contribution in [2.45, 2.75) is 43.0 Å². The standard InChI is InChI=1S/C15H20OS/c1-15(8-5-9-17-15)14(16)13-10-12(13)11-6-3-2-4-7-11/h2-4,6-7,12-14,16H,5,8-10H2,1H3. The molecular weight excluding hydrogens is 228 g/mol. The molecule has 0 spiro atoms. The van der Waals surface area contributed by atoms with Crippen LogP contribution in [0.4, 0.5) is 0 Å². The van der Waals surface area contributed by atoms with Crippen LogP contribution < -0.4 is 0 Å². The molecule has 2 heteroatoms. The second kappa shape index (κ2) is 4.33. The van der Waals surface area contributed by atoms with Crippen molar-refractivity contribution in [1.82, 2.24) is 0 Å². The predicted molar refractivity (Wildman–Crippen MR) is 73.4 cm³/mol. The number of benzene rings is 1. The Bertz CT molecular complexity index is 383. The van der Waals surface area contributed by atoms with Gasteiger partial charge in [0.25, 0.3) is 0 Å². The highest BCUT2D eigenvalue weighted by Crippen LogP contribution is 2.55. The topological polar surface area (TPSA) is 20.2 Å². The summed E-state index contributed by atoms with van der Waals surface area (Å²) in [7, 11) is 0. The van der Waals surface area contributed by atoms with Gasteiger partial charge in [-0.05, 0) is 49.3 Å². The maximum Gasteiger partial charge on any atom is 0.0718 e. The van der Waals surface area contributed by atoms with Gasteiger partial charge in [0.15, 0.2) is 0 Å². The van der Waals surface area contributed by atoms with Crippen LogP contribution in [-0.2, 0) is 0 Å². The van der Waals surface area contributed by atoms with Gasteiger partial charge in [-0.25, -0.2) is 0 Å². The molecule has 1 N–H and O–H groups in total. The molecule has 2 fully saturated rings. The Morgan fingerprint density at radius 3 is 2.76 bits per heavy atom. The van der Waals surface area contributed by atoms with E-state index < -0.39 is 0 Å². The summed E-state index contributed by atoms with van der Waals surface area (Å²) in [6, 6.07) is 10.7. The third-order valence-electron chi connectivity index (χ3n) is 4.35. The summed E-state index contributed by atoms with van der Waals surface area (Å²) in [5.74, 6) is 2.31. The van der Waals surface area contributed by atoms with Crippen molar-refractivity contribution in [2.75, 3.05) is 5.75 Å². The first kappa shape index (κ1) is 11.6. The third-order valence-corrected chi connectivity index (χ3v) is 5.95. The van der Waals surface area contributed by atoms with Gasteiger partial charge in [0.2, 0.25) is 0 Å². The molecule has 92 valence electrons. The molecule has 1 aliphatic carbocycles. The molecular formula is C15H20OS. The fourth-order valence-electron chi connectivity index (χ4n) is 3.13. The Hall–Kier alpha value is -0.470. The van der Waals surface area contributed by atoms with E-state index in [9.17, 15) is 5.11 Å². The number of thioether (sulfide) groups is 1.